The molecule has 0 aliphatic heterocycles. The fraction of sp³-hybridized carbons (Fsp3) is 0.0588. The van der Waals surface area contributed by atoms with Crippen molar-refractivity contribution in [3.05, 3.63) is 66.4 Å². The molecule has 4 heteroatoms. The van der Waals surface area contributed by atoms with Crippen LogP contribution in [-0.4, -0.2) is 15.5 Å². The molecule has 21 heavy (non-hydrogen) atoms. The van der Waals surface area contributed by atoms with Crippen molar-refractivity contribution in [2.45, 2.75) is 6.92 Å². The molecule has 0 radical (unpaired) electrons. The van der Waals surface area contributed by atoms with Crippen LogP contribution in [-0.2, 0) is 0 Å². The first-order valence-corrected chi connectivity index (χ1v) is 7.05. The van der Waals surface area contributed by atoms with Crippen molar-refractivity contribution < 1.29 is 4.79 Å². The minimum absolute atomic E-state index is 0.0347. The summed E-state index contributed by atoms with van der Waals surface area (Å²) in [5.74, 6) is 0.0347. The predicted octanol–water partition coefficient (Wildman–Crippen LogP) is 4.09. The number of ketones is 1. The first-order chi connectivity index (χ1) is 10.2. The highest BCUT2D eigenvalue weighted by molar-refractivity contribution is 7.80. The van der Waals surface area contributed by atoms with Gasteiger partial charge in [-0.2, -0.15) is 0 Å². The summed E-state index contributed by atoms with van der Waals surface area (Å²) in [5, 5.41) is 4.65. The predicted molar refractivity (Wildman–Crippen MR) is 90.0 cm³/mol. The number of nitrogens with one attached hydrogen (secondary N) is 1. The van der Waals surface area contributed by atoms with Crippen molar-refractivity contribution in [1.29, 1.82) is 0 Å². The molecule has 0 atom stereocenters. The Hall–Kier alpha value is -2.46. The third kappa shape index (κ3) is 2.58. The molecule has 1 aromatic heterocycles. The first-order valence-electron chi connectivity index (χ1n) is 6.64. The Bertz CT molecular complexity index is 821. The van der Waals surface area contributed by atoms with E-state index in [4.69, 9.17) is 12.2 Å². The second-order valence-corrected chi connectivity index (χ2v) is 5.17. The summed E-state index contributed by atoms with van der Waals surface area (Å²) < 4.78 is 1.84. The topological polar surface area (TPSA) is 34.0 Å². The van der Waals surface area contributed by atoms with E-state index in [2.05, 4.69) is 5.32 Å². The number of para-hydroxylation sites is 2. The lowest BCUT2D eigenvalue weighted by atomic mass is 10.1. The molecule has 1 heterocycles. The monoisotopic (exact) mass is 294 g/mol. The van der Waals surface area contributed by atoms with Crippen molar-refractivity contribution in [2.75, 3.05) is 5.32 Å². The summed E-state index contributed by atoms with van der Waals surface area (Å²) in [6, 6.07) is 17.5. The number of anilines is 1. The average Bonchev–Trinajstić information content (AvgIpc) is 2.88. The highest BCUT2D eigenvalue weighted by Gasteiger charge is 2.13. The molecule has 0 saturated carbocycles. The van der Waals surface area contributed by atoms with Crippen molar-refractivity contribution in [2.24, 2.45) is 0 Å². The van der Waals surface area contributed by atoms with Gasteiger partial charge in [0.15, 0.2) is 10.9 Å². The number of fused-ring (bicyclic) bond motifs is 1. The van der Waals surface area contributed by atoms with Gasteiger partial charge in [-0.1, -0.05) is 36.4 Å². The Morgan fingerprint density at radius 2 is 1.71 bits per heavy atom. The molecule has 0 aliphatic carbocycles. The Balaban J connectivity index is 2.04. The van der Waals surface area contributed by atoms with E-state index < -0.39 is 0 Å². The quantitative estimate of drug-likeness (QED) is 0.571. The Kier molecular flexibility index (Phi) is 3.54. The van der Waals surface area contributed by atoms with Crippen LogP contribution in [0.2, 0.25) is 0 Å². The third-order valence-electron chi connectivity index (χ3n) is 3.34. The van der Waals surface area contributed by atoms with Gasteiger partial charge in [-0.3, -0.25) is 9.36 Å². The lowest BCUT2D eigenvalue weighted by Crippen LogP contribution is -2.18. The van der Waals surface area contributed by atoms with Crippen LogP contribution in [0.1, 0.15) is 17.3 Å². The number of nitrogens with zero attached hydrogens (tertiary/aromatic N) is 1. The minimum Gasteiger partial charge on any atom is -0.332 e. The van der Waals surface area contributed by atoms with E-state index in [1.807, 2.05) is 59.2 Å². The van der Waals surface area contributed by atoms with E-state index in [-0.39, 0.29) is 5.78 Å². The molecule has 0 spiro atoms. The second-order valence-electron chi connectivity index (χ2n) is 4.78. The molecule has 104 valence electrons. The van der Waals surface area contributed by atoms with Gasteiger partial charge in [0.1, 0.15) is 0 Å². The zero-order valence-corrected chi connectivity index (χ0v) is 12.4. The smallest absolute Gasteiger partial charge is 0.182 e. The number of benzene rings is 2. The molecule has 2 aromatic carbocycles. The van der Waals surface area contributed by atoms with Crippen LogP contribution in [0.15, 0.2) is 60.8 Å². The van der Waals surface area contributed by atoms with Crippen LogP contribution in [0.25, 0.3) is 10.9 Å². The lowest BCUT2D eigenvalue weighted by molar-refractivity contribution is 0.101. The van der Waals surface area contributed by atoms with E-state index in [0.717, 1.165) is 16.6 Å². The van der Waals surface area contributed by atoms with Gasteiger partial charge in [0, 0.05) is 22.8 Å². The number of carbonyl (C=O) groups is 1. The van der Waals surface area contributed by atoms with Gasteiger partial charge in [0.05, 0.1) is 5.52 Å². The molecular weight excluding hydrogens is 280 g/mol. The number of thiocarbonyl (C=S) groups is 1. The summed E-state index contributed by atoms with van der Waals surface area (Å²) in [7, 11) is 0. The van der Waals surface area contributed by atoms with Gasteiger partial charge in [0.25, 0.3) is 0 Å². The minimum atomic E-state index is 0.0347. The zero-order valence-electron chi connectivity index (χ0n) is 11.5. The van der Waals surface area contributed by atoms with E-state index in [1.165, 1.54) is 0 Å². The SMILES string of the molecule is CC(=O)c1cn(C(=S)Nc2ccccc2)c2ccccc12. The summed E-state index contributed by atoms with van der Waals surface area (Å²) in [5.41, 5.74) is 2.53. The third-order valence-corrected chi connectivity index (χ3v) is 3.63. The Morgan fingerprint density at radius 3 is 2.43 bits per heavy atom. The van der Waals surface area contributed by atoms with Gasteiger partial charge in [-0.25, -0.2) is 0 Å². The van der Waals surface area contributed by atoms with Gasteiger partial charge < -0.3 is 5.32 Å². The maximum atomic E-state index is 11.8. The van der Waals surface area contributed by atoms with Gasteiger partial charge >= 0.3 is 0 Å². The number of hydrogen-bond donors (Lipinski definition) is 1. The molecule has 0 amide bonds. The summed E-state index contributed by atoms with van der Waals surface area (Å²) >= 11 is 5.47. The Morgan fingerprint density at radius 1 is 1.05 bits per heavy atom. The van der Waals surface area contributed by atoms with Gasteiger partial charge in [-0.05, 0) is 37.3 Å². The van der Waals surface area contributed by atoms with Crippen molar-refractivity contribution in [3.8, 4) is 0 Å². The molecule has 0 unspecified atom stereocenters. The molecule has 3 rings (SSSR count). The lowest BCUT2D eigenvalue weighted by Gasteiger charge is -2.09. The molecule has 3 nitrogen and oxygen atoms in total. The van der Waals surface area contributed by atoms with Crippen LogP contribution in [0, 0.1) is 0 Å². The fourth-order valence-electron chi connectivity index (χ4n) is 2.33. The number of rotatable bonds is 2. The van der Waals surface area contributed by atoms with Crippen molar-refractivity contribution >= 4 is 39.7 Å². The number of aromatic nitrogens is 1. The highest BCUT2D eigenvalue weighted by atomic mass is 32.1. The standard InChI is InChI=1S/C17H14N2OS/c1-12(20)15-11-19(16-10-6-5-9-14(15)16)17(21)18-13-7-3-2-4-8-13/h2-11H,1H3,(H,18,21). The number of carbonyl (C=O) groups excluding carboxylic acids is 1. The molecule has 1 N–H and O–H groups in total. The molecule has 3 aromatic rings. The normalized spacial score (nSPS) is 10.5. The summed E-state index contributed by atoms with van der Waals surface area (Å²) in [6.07, 6.45) is 1.80. The van der Waals surface area contributed by atoms with Crippen LogP contribution in [0.5, 0.6) is 0 Å². The molecule has 0 fully saturated rings. The number of Topliss-reactive ketones (excluding diaryl/α,β-unsaturated/α-hetero) is 1. The largest absolute Gasteiger partial charge is 0.332 e. The van der Waals surface area contributed by atoms with E-state index >= 15 is 0 Å². The van der Waals surface area contributed by atoms with E-state index in [1.54, 1.807) is 13.1 Å². The zero-order chi connectivity index (χ0) is 14.8. The summed E-state index contributed by atoms with van der Waals surface area (Å²) in [4.78, 5) is 11.8. The van der Waals surface area contributed by atoms with Gasteiger partial charge in [0.2, 0.25) is 0 Å². The Labute approximate surface area is 128 Å². The molecular formula is C17H14N2OS. The maximum Gasteiger partial charge on any atom is 0.182 e. The van der Waals surface area contributed by atoms with E-state index in [9.17, 15) is 4.79 Å². The highest BCUT2D eigenvalue weighted by Crippen LogP contribution is 2.22. The first kappa shape index (κ1) is 13.5. The van der Waals surface area contributed by atoms with Crippen LogP contribution in [0.4, 0.5) is 5.69 Å². The number of hydrogen-bond acceptors (Lipinski definition) is 2. The van der Waals surface area contributed by atoms with Crippen LogP contribution in [0.3, 0.4) is 0 Å². The molecule has 0 bridgehead atoms. The van der Waals surface area contributed by atoms with E-state index in [0.29, 0.717) is 10.7 Å². The molecule has 0 aliphatic rings. The average molecular weight is 294 g/mol. The fourth-order valence-corrected chi connectivity index (χ4v) is 2.60. The maximum absolute atomic E-state index is 11.8. The molecule has 0 saturated heterocycles. The van der Waals surface area contributed by atoms with Crippen molar-refractivity contribution in [1.82, 2.24) is 4.57 Å². The van der Waals surface area contributed by atoms with Crippen molar-refractivity contribution in [3.63, 3.8) is 0 Å². The van der Waals surface area contributed by atoms with Crippen LogP contribution < -0.4 is 5.32 Å². The summed E-state index contributed by atoms with van der Waals surface area (Å²) in [6.45, 7) is 1.57. The van der Waals surface area contributed by atoms with Crippen LogP contribution >= 0.6 is 12.2 Å². The second kappa shape index (κ2) is 5.50. The van der Waals surface area contributed by atoms with Gasteiger partial charge in [-0.15, -0.1) is 0 Å².